The summed E-state index contributed by atoms with van der Waals surface area (Å²) < 4.78 is 20.4. The molecule has 0 bridgehead atoms. The van der Waals surface area contributed by atoms with Crippen molar-refractivity contribution < 1.29 is 9.13 Å². The molecule has 0 amide bonds. The quantitative estimate of drug-likeness (QED) is 0.849. The zero-order valence-electron chi connectivity index (χ0n) is 9.86. The topological polar surface area (TPSA) is 39.1 Å². The van der Waals surface area contributed by atoms with Gasteiger partial charge in [0, 0.05) is 31.1 Å². The minimum Gasteiger partial charge on any atom is -0.383 e. The van der Waals surface area contributed by atoms with E-state index in [1.54, 1.807) is 36.2 Å². The molecule has 4 nitrogen and oxygen atoms in total. The number of rotatable bonds is 5. The van der Waals surface area contributed by atoms with E-state index in [1.807, 2.05) is 0 Å². The first-order valence-corrected chi connectivity index (χ1v) is 5.81. The van der Waals surface area contributed by atoms with E-state index in [-0.39, 0.29) is 0 Å². The third-order valence-electron chi connectivity index (χ3n) is 2.40. The number of nitrogens with one attached hydrogen (secondary N) is 1. The molecule has 0 radical (unpaired) electrons. The van der Waals surface area contributed by atoms with Gasteiger partial charge in [0.25, 0.3) is 0 Å². The van der Waals surface area contributed by atoms with Crippen LogP contribution < -0.4 is 5.32 Å². The van der Waals surface area contributed by atoms with E-state index in [1.165, 1.54) is 6.07 Å². The van der Waals surface area contributed by atoms with E-state index in [0.29, 0.717) is 29.8 Å². The Bertz CT molecular complexity index is 530. The van der Waals surface area contributed by atoms with E-state index in [4.69, 9.17) is 16.3 Å². The predicted octanol–water partition coefficient (Wildman–Crippen LogP) is 2.72. The molecule has 1 aromatic heterocycles. The third-order valence-corrected chi connectivity index (χ3v) is 2.63. The fourth-order valence-corrected chi connectivity index (χ4v) is 1.73. The van der Waals surface area contributed by atoms with Crippen molar-refractivity contribution in [1.82, 2.24) is 9.55 Å². The van der Waals surface area contributed by atoms with Crippen molar-refractivity contribution in [3.05, 3.63) is 41.4 Å². The number of nitrogens with zero attached hydrogens (tertiary/aromatic N) is 2. The maximum Gasteiger partial charge on any atom is 0.207 e. The maximum absolute atomic E-state index is 13.8. The minimum atomic E-state index is -0.393. The molecule has 0 fully saturated rings. The molecule has 0 unspecified atom stereocenters. The Balaban J connectivity index is 2.25. The van der Waals surface area contributed by atoms with E-state index >= 15 is 0 Å². The van der Waals surface area contributed by atoms with E-state index in [9.17, 15) is 4.39 Å². The van der Waals surface area contributed by atoms with Crippen LogP contribution in [0.1, 0.15) is 0 Å². The summed E-state index contributed by atoms with van der Waals surface area (Å²) in [6, 6.07) is 4.52. The molecule has 1 heterocycles. The standard InChI is InChI=1S/C12H13ClFN3O/c1-18-7-5-16-12-15-4-6-17(12)11-3-2-9(13)8-10(11)14/h2-4,6,8H,5,7H2,1H3,(H,15,16). The lowest BCUT2D eigenvalue weighted by Crippen LogP contribution is -2.12. The van der Waals surface area contributed by atoms with E-state index < -0.39 is 5.82 Å². The summed E-state index contributed by atoms with van der Waals surface area (Å²) in [5.74, 6) is 0.170. The number of hydrogen-bond donors (Lipinski definition) is 1. The highest BCUT2D eigenvalue weighted by Gasteiger charge is 2.09. The summed E-state index contributed by atoms with van der Waals surface area (Å²) in [6.07, 6.45) is 3.28. The molecule has 0 atom stereocenters. The number of hydrogen-bond acceptors (Lipinski definition) is 3. The summed E-state index contributed by atoms with van der Waals surface area (Å²) in [5, 5.41) is 3.43. The highest BCUT2D eigenvalue weighted by molar-refractivity contribution is 6.30. The van der Waals surface area contributed by atoms with Crippen LogP contribution in [0, 0.1) is 5.82 Å². The molecular weight excluding hydrogens is 257 g/mol. The number of aromatic nitrogens is 2. The van der Waals surface area contributed by atoms with Gasteiger partial charge in [0.15, 0.2) is 0 Å². The lowest BCUT2D eigenvalue weighted by atomic mass is 10.3. The number of anilines is 1. The second-order valence-corrected chi connectivity index (χ2v) is 4.07. The van der Waals surface area contributed by atoms with Gasteiger partial charge in [-0.2, -0.15) is 0 Å². The zero-order valence-corrected chi connectivity index (χ0v) is 10.6. The Hall–Kier alpha value is -1.59. The number of methoxy groups -OCH3 is 1. The fourth-order valence-electron chi connectivity index (χ4n) is 1.57. The van der Waals surface area contributed by atoms with Gasteiger partial charge in [0.2, 0.25) is 5.95 Å². The van der Waals surface area contributed by atoms with Crippen LogP contribution in [0.25, 0.3) is 5.69 Å². The molecule has 6 heteroatoms. The van der Waals surface area contributed by atoms with Crippen molar-refractivity contribution in [3.8, 4) is 5.69 Å². The molecule has 1 aromatic carbocycles. The molecule has 18 heavy (non-hydrogen) atoms. The van der Waals surface area contributed by atoms with Crippen LogP contribution >= 0.6 is 11.6 Å². The molecule has 1 N–H and O–H groups in total. The highest BCUT2D eigenvalue weighted by atomic mass is 35.5. The van der Waals surface area contributed by atoms with Crippen molar-refractivity contribution in [1.29, 1.82) is 0 Å². The SMILES string of the molecule is COCCNc1nccn1-c1ccc(Cl)cc1F. The molecule has 96 valence electrons. The smallest absolute Gasteiger partial charge is 0.207 e. The second-order valence-electron chi connectivity index (χ2n) is 3.64. The number of halogens is 2. The zero-order chi connectivity index (χ0) is 13.0. The van der Waals surface area contributed by atoms with Gasteiger partial charge in [-0.1, -0.05) is 11.6 Å². The number of benzene rings is 1. The molecule has 2 rings (SSSR count). The van der Waals surface area contributed by atoms with Crippen molar-refractivity contribution in [2.24, 2.45) is 0 Å². The molecule has 0 saturated carbocycles. The molecular formula is C12H13ClFN3O. The summed E-state index contributed by atoms with van der Waals surface area (Å²) >= 11 is 5.72. The van der Waals surface area contributed by atoms with Gasteiger partial charge in [0.1, 0.15) is 5.82 Å². The first kappa shape index (κ1) is 12.9. The summed E-state index contributed by atoms with van der Waals surface area (Å²) in [7, 11) is 1.62. The Kier molecular flexibility index (Phi) is 4.17. The van der Waals surface area contributed by atoms with Crippen LogP contribution in [0.3, 0.4) is 0 Å². The molecule has 0 spiro atoms. The van der Waals surface area contributed by atoms with Crippen molar-refractivity contribution >= 4 is 17.5 Å². The van der Waals surface area contributed by atoms with Crippen LogP contribution in [0.4, 0.5) is 10.3 Å². The van der Waals surface area contributed by atoms with Crippen LogP contribution in [0.2, 0.25) is 5.02 Å². The van der Waals surface area contributed by atoms with Crippen molar-refractivity contribution in [3.63, 3.8) is 0 Å². The Labute approximate surface area is 109 Å². The lowest BCUT2D eigenvalue weighted by Gasteiger charge is -2.10. The first-order chi connectivity index (χ1) is 8.72. The Morgan fingerprint density at radius 3 is 3.06 bits per heavy atom. The van der Waals surface area contributed by atoms with E-state index in [2.05, 4.69) is 10.3 Å². The highest BCUT2D eigenvalue weighted by Crippen LogP contribution is 2.21. The van der Waals surface area contributed by atoms with Crippen LogP contribution in [0.5, 0.6) is 0 Å². The van der Waals surface area contributed by atoms with Gasteiger partial charge in [-0.25, -0.2) is 9.37 Å². The van der Waals surface area contributed by atoms with Crippen LogP contribution in [-0.2, 0) is 4.74 Å². The monoisotopic (exact) mass is 269 g/mol. The molecule has 0 aliphatic rings. The van der Waals surface area contributed by atoms with E-state index in [0.717, 1.165) is 0 Å². The number of imidazole rings is 1. The Morgan fingerprint density at radius 2 is 2.33 bits per heavy atom. The lowest BCUT2D eigenvalue weighted by molar-refractivity contribution is 0.210. The third kappa shape index (κ3) is 2.80. The van der Waals surface area contributed by atoms with Gasteiger partial charge < -0.3 is 10.1 Å². The van der Waals surface area contributed by atoms with Gasteiger partial charge >= 0.3 is 0 Å². The second kappa shape index (κ2) is 5.84. The Morgan fingerprint density at radius 1 is 1.50 bits per heavy atom. The molecule has 2 aromatic rings. The normalized spacial score (nSPS) is 10.6. The average Bonchev–Trinajstić information content (AvgIpc) is 2.78. The molecule has 0 aliphatic carbocycles. The van der Waals surface area contributed by atoms with Gasteiger partial charge in [-0.05, 0) is 18.2 Å². The first-order valence-electron chi connectivity index (χ1n) is 5.44. The molecule has 0 saturated heterocycles. The van der Waals surface area contributed by atoms with Crippen LogP contribution in [0.15, 0.2) is 30.6 Å². The van der Waals surface area contributed by atoms with Crippen LogP contribution in [-0.4, -0.2) is 29.8 Å². The van der Waals surface area contributed by atoms with Crippen molar-refractivity contribution in [2.75, 3.05) is 25.6 Å². The van der Waals surface area contributed by atoms with Gasteiger partial charge in [0.05, 0.1) is 12.3 Å². The number of ether oxygens (including phenoxy) is 1. The summed E-state index contributed by atoms with van der Waals surface area (Å²) in [6.45, 7) is 1.15. The van der Waals surface area contributed by atoms with Gasteiger partial charge in [-0.3, -0.25) is 4.57 Å². The maximum atomic E-state index is 13.8. The summed E-state index contributed by atoms with van der Waals surface area (Å²) in [4.78, 5) is 4.12. The summed E-state index contributed by atoms with van der Waals surface area (Å²) in [5.41, 5.74) is 0.400. The van der Waals surface area contributed by atoms with Crippen molar-refractivity contribution in [2.45, 2.75) is 0 Å². The largest absolute Gasteiger partial charge is 0.383 e. The van der Waals surface area contributed by atoms with Gasteiger partial charge in [-0.15, -0.1) is 0 Å². The minimum absolute atomic E-state index is 0.366. The average molecular weight is 270 g/mol. The fraction of sp³-hybridized carbons (Fsp3) is 0.250. The molecule has 0 aliphatic heterocycles. The predicted molar refractivity (Wildman–Crippen MR) is 68.9 cm³/mol.